The van der Waals surface area contributed by atoms with Crippen LogP contribution < -0.4 is 4.90 Å². The van der Waals surface area contributed by atoms with Crippen molar-refractivity contribution >= 4 is 23.2 Å². The van der Waals surface area contributed by atoms with Gasteiger partial charge in [-0.25, -0.2) is 9.67 Å². The molecular weight excluding hydrogens is 374 g/mol. The monoisotopic (exact) mass is 395 g/mol. The van der Waals surface area contributed by atoms with E-state index in [0.717, 1.165) is 29.5 Å². The molecular formula is C21H22ClN5O. The van der Waals surface area contributed by atoms with Crippen LogP contribution in [0, 0.1) is 13.8 Å². The standard InChI is InChI=1S/C21H22ClN5O/c1-15-6-7-17(22)13-19(15)25-9-11-26(12-10-25)21(28)18-14-24-27(16(18)2)20-5-3-4-8-23-20/h3-8,13-14H,9-12H2,1-2H3. The number of benzene rings is 1. The molecule has 6 nitrogen and oxygen atoms in total. The predicted molar refractivity (Wildman–Crippen MR) is 110 cm³/mol. The lowest BCUT2D eigenvalue weighted by molar-refractivity contribution is 0.0746. The zero-order valence-corrected chi connectivity index (χ0v) is 16.7. The summed E-state index contributed by atoms with van der Waals surface area (Å²) in [5.41, 5.74) is 3.75. The van der Waals surface area contributed by atoms with Gasteiger partial charge in [0.1, 0.15) is 0 Å². The van der Waals surface area contributed by atoms with E-state index in [2.05, 4.69) is 21.9 Å². The Bertz CT molecular complexity index is 993. The van der Waals surface area contributed by atoms with Crippen molar-refractivity contribution in [3.63, 3.8) is 0 Å². The Morgan fingerprint density at radius 2 is 1.86 bits per heavy atom. The van der Waals surface area contributed by atoms with Crippen molar-refractivity contribution in [2.24, 2.45) is 0 Å². The average molecular weight is 396 g/mol. The van der Waals surface area contributed by atoms with E-state index in [9.17, 15) is 4.79 Å². The van der Waals surface area contributed by atoms with Gasteiger partial charge in [0.25, 0.3) is 5.91 Å². The Balaban J connectivity index is 1.48. The summed E-state index contributed by atoms with van der Waals surface area (Å²) >= 11 is 6.16. The van der Waals surface area contributed by atoms with Crippen LogP contribution >= 0.6 is 11.6 Å². The van der Waals surface area contributed by atoms with Crippen molar-refractivity contribution in [2.45, 2.75) is 13.8 Å². The normalized spacial score (nSPS) is 14.4. The minimum atomic E-state index is 0.0159. The Hall–Kier alpha value is -2.86. The third-order valence-electron chi connectivity index (χ3n) is 5.19. The van der Waals surface area contributed by atoms with E-state index < -0.39 is 0 Å². The van der Waals surface area contributed by atoms with Gasteiger partial charge in [0.2, 0.25) is 0 Å². The van der Waals surface area contributed by atoms with E-state index in [1.54, 1.807) is 17.1 Å². The van der Waals surface area contributed by atoms with Gasteiger partial charge in [0.05, 0.1) is 17.5 Å². The van der Waals surface area contributed by atoms with Crippen LogP contribution in [0.2, 0.25) is 5.02 Å². The summed E-state index contributed by atoms with van der Waals surface area (Å²) in [5.74, 6) is 0.724. The first kappa shape index (κ1) is 18.5. The fraction of sp³-hybridized carbons (Fsp3) is 0.286. The highest BCUT2D eigenvalue weighted by Crippen LogP contribution is 2.26. The van der Waals surface area contributed by atoms with E-state index in [-0.39, 0.29) is 5.91 Å². The minimum absolute atomic E-state index is 0.0159. The maximum absolute atomic E-state index is 13.0. The van der Waals surface area contributed by atoms with Crippen molar-refractivity contribution < 1.29 is 4.79 Å². The van der Waals surface area contributed by atoms with Crippen molar-refractivity contribution in [1.82, 2.24) is 19.7 Å². The molecule has 0 N–H and O–H groups in total. The highest BCUT2D eigenvalue weighted by atomic mass is 35.5. The fourth-order valence-electron chi connectivity index (χ4n) is 3.57. The highest BCUT2D eigenvalue weighted by molar-refractivity contribution is 6.30. The van der Waals surface area contributed by atoms with Crippen LogP contribution in [0.1, 0.15) is 21.6 Å². The van der Waals surface area contributed by atoms with E-state index >= 15 is 0 Å². The second kappa shape index (κ2) is 7.64. The Morgan fingerprint density at radius 1 is 1.07 bits per heavy atom. The Morgan fingerprint density at radius 3 is 2.57 bits per heavy atom. The average Bonchev–Trinajstić information content (AvgIpc) is 3.11. The van der Waals surface area contributed by atoms with Gasteiger partial charge in [-0.1, -0.05) is 23.7 Å². The number of hydrogen-bond donors (Lipinski definition) is 0. The maximum Gasteiger partial charge on any atom is 0.257 e. The molecule has 0 spiro atoms. The summed E-state index contributed by atoms with van der Waals surface area (Å²) in [4.78, 5) is 21.5. The number of anilines is 1. The SMILES string of the molecule is Cc1ccc(Cl)cc1N1CCN(C(=O)c2cnn(-c3ccccn3)c2C)CC1. The summed E-state index contributed by atoms with van der Waals surface area (Å²) in [6, 6.07) is 11.6. The molecule has 4 rings (SSSR count). The number of rotatable bonds is 3. The zero-order chi connectivity index (χ0) is 19.7. The van der Waals surface area contributed by atoms with Crippen molar-refractivity contribution in [2.75, 3.05) is 31.1 Å². The quantitative estimate of drug-likeness (QED) is 0.681. The summed E-state index contributed by atoms with van der Waals surface area (Å²) < 4.78 is 1.71. The molecule has 0 unspecified atom stereocenters. The van der Waals surface area contributed by atoms with Gasteiger partial charge in [-0.2, -0.15) is 5.10 Å². The van der Waals surface area contributed by atoms with Crippen molar-refractivity contribution in [3.05, 3.63) is 70.6 Å². The molecule has 1 saturated heterocycles. The molecule has 2 aromatic heterocycles. The molecule has 3 heterocycles. The van der Waals surface area contributed by atoms with Gasteiger partial charge in [-0.15, -0.1) is 0 Å². The van der Waals surface area contributed by atoms with Gasteiger partial charge in [-0.05, 0) is 43.7 Å². The first-order chi connectivity index (χ1) is 13.5. The number of carbonyl (C=O) groups excluding carboxylic acids is 1. The molecule has 7 heteroatoms. The smallest absolute Gasteiger partial charge is 0.257 e. The van der Waals surface area contributed by atoms with Crippen molar-refractivity contribution in [1.29, 1.82) is 0 Å². The summed E-state index contributed by atoms with van der Waals surface area (Å²) in [5, 5.41) is 5.10. The molecule has 0 saturated carbocycles. The van der Waals surface area contributed by atoms with Crippen LogP contribution in [0.15, 0.2) is 48.8 Å². The minimum Gasteiger partial charge on any atom is -0.368 e. The van der Waals surface area contributed by atoms with E-state index in [1.807, 2.05) is 48.2 Å². The van der Waals surface area contributed by atoms with Crippen LogP contribution in [-0.4, -0.2) is 51.8 Å². The maximum atomic E-state index is 13.0. The molecule has 1 aliphatic heterocycles. The molecule has 3 aromatic rings. The topological polar surface area (TPSA) is 54.3 Å². The van der Waals surface area contributed by atoms with Gasteiger partial charge < -0.3 is 9.80 Å². The Kier molecular flexibility index (Phi) is 5.05. The number of carbonyl (C=O) groups is 1. The molecule has 28 heavy (non-hydrogen) atoms. The number of halogens is 1. The number of pyridine rings is 1. The summed E-state index contributed by atoms with van der Waals surface area (Å²) in [6.45, 7) is 6.87. The van der Waals surface area contributed by atoms with E-state index in [1.165, 1.54) is 5.56 Å². The third kappa shape index (κ3) is 3.47. The predicted octanol–water partition coefficient (Wildman–Crippen LogP) is 3.50. The number of piperazine rings is 1. The number of aryl methyl sites for hydroxylation is 1. The zero-order valence-electron chi connectivity index (χ0n) is 16.0. The highest BCUT2D eigenvalue weighted by Gasteiger charge is 2.26. The molecule has 144 valence electrons. The lowest BCUT2D eigenvalue weighted by Gasteiger charge is -2.36. The fourth-order valence-corrected chi connectivity index (χ4v) is 3.74. The van der Waals surface area contributed by atoms with Gasteiger partial charge >= 0.3 is 0 Å². The molecule has 1 amide bonds. The number of aromatic nitrogens is 3. The molecule has 1 aromatic carbocycles. The van der Waals surface area contributed by atoms with Crippen LogP contribution in [0.4, 0.5) is 5.69 Å². The van der Waals surface area contributed by atoms with Crippen LogP contribution in [-0.2, 0) is 0 Å². The lowest BCUT2D eigenvalue weighted by atomic mass is 10.1. The summed E-state index contributed by atoms with van der Waals surface area (Å²) in [7, 11) is 0. The van der Waals surface area contributed by atoms with Crippen LogP contribution in [0.3, 0.4) is 0 Å². The number of hydrogen-bond acceptors (Lipinski definition) is 4. The molecule has 1 fully saturated rings. The molecule has 0 radical (unpaired) electrons. The second-order valence-corrected chi connectivity index (χ2v) is 7.39. The molecule has 0 atom stereocenters. The number of amides is 1. The number of nitrogens with zero attached hydrogens (tertiary/aromatic N) is 5. The van der Waals surface area contributed by atoms with E-state index in [4.69, 9.17) is 11.6 Å². The molecule has 0 bridgehead atoms. The third-order valence-corrected chi connectivity index (χ3v) is 5.42. The van der Waals surface area contributed by atoms with E-state index in [0.29, 0.717) is 24.5 Å². The molecule has 1 aliphatic rings. The van der Waals surface area contributed by atoms with Crippen LogP contribution in [0.25, 0.3) is 5.82 Å². The first-order valence-electron chi connectivity index (χ1n) is 9.31. The molecule has 0 aliphatic carbocycles. The van der Waals surface area contributed by atoms with Crippen LogP contribution in [0.5, 0.6) is 0 Å². The largest absolute Gasteiger partial charge is 0.368 e. The lowest BCUT2D eigenvalue weighted by Crippen LogP contribution is -2.49. The van der Waals surface area contributed by atoms with Gasteiger partial charge in [0, 0.05) is 43.1 Å². The first-order valence-corrected chi connectivity index (χ1v) is 9.69. The van der Waals surface area contributed by atoms with Gasteiger partial charge in [0.15, 0.2) is 5.82 Å². The van der Waals surface area contributed by atoms with Crippen molar-refractivity contribution in [3.8, 4) is 5.82 Å². The van der Waals surface area contributed by atoms with Gasteiger partial charge in [-0.3, -0.25) is 4.79 Å². The summed E-state index contributed by atoms with van der Waals surface area (Å²) in [6.07, 6.45) is 3.36. The Labute approximate surface area is 169 Å². The second-order valence-electron chi connectivity index (χ2n) is 6.95.